The zero-order chi connectivity index (χ0) is 14.7. The molecule has 1 aromatic carbocycles. The largest absolute Gasteiger partial charge is 0.469 e. The molecule has 0 fully saturated rings. The summed E-state index contributed by atoms with van der Waals surface area (Å²) < 4.78 is 11.4. The van der Waals surface area contributed by atoms with Crippen molar-refractivity contribution in [1.82, 2.24) is 5.32 Å². The normalized spacial score (nSPS) is 12.9. The minimum atomic E-state index is 0.156. The van der Waals surface area contributed by atoms with Gasteiger partial charge in [0.1, 0.15) is 11.5 Å². The molecule has 0 bridgehead atoms. The maximum Gasteiger partial charge on any atom is 0.152 e. The first-order valence-electron chi connectivity index (χ1n) is 7.21. The van der Waals surface area contributed by atoms with E-state index in [1.165, 1.54) is 0 Å². The van der Waals surface area contributed by atoms with Gasteiger partial charge >= 0.3 is 0 Å². The first kappa shape index (κ1) is 14.2. The van der Waals surface area contributed by atoms with Gasteiger partial charge in [0.15, 0.2) is 5.58 Å². The Bertz CT molecular complexity index is 703. The second kappa shape index (κ2) is 6.37. The van der Waals surface area contributed by atoms with Crippen molar-refractivity contribution in [3.05, 3.63) is 59.2 Å². The standard InChI is InChI=1S/C17H18ClNO2/c1-2-19-15(9-8-13-6-4-10-20-13)16-11-12-5-3-7-14(18)17(12)21-16/h3-7,10-11,15,19H,2,8-9H2,1H3. The van der Waals surface area contributed by atoms with Crippen LogP contribution in [0.4, 0.5) is 0 Å². The van der Waals surface area contributed by atoms with Crippen molar-refractivity contribution in [1.29, 1.82) is 0 Å². The lowest BCUT2D eigenvalue weighted by atomic mass is 10.1. The molecule has 2 aromatic heterocycles. The Morgan fingerprint density at radius 2 is 2.14 bits per heavy atom. The molecule has 3 aromatic rings. The van der Waals surface area contributed by atoms with Gasteiger partial charge < -0.3 is 14.2 Å². The van der Waals surface area contributed by atoms with E-state index in [1.54, 1.807) is 6.26 Å². The Balaban J connectivity index is 1.82. The molecule has 0 aliphatic carbocycles. The zero-order valence-electron chi connectivity index (χ0n) is 11.9. The maximum atomic E-state index is 6.18. The van der Waals surface area contributed by atoms with E-state index in [1.807, 2.05) is 30.3 Å². The van der Waals surface area contributed by atoms with Crippen LogP contribution in [0.25, 0.3) is 11.0 Å². The first-order valence-corrected chi connectivity index (χ1v) is 7.59. The molecule has 21 heavy (non-hydrogen) atoms. The summed E-state index contributed by atoms with van der Waals surface area (Å²) in [7, 11) is 0. The predicted octanol–water partition coefficient (Wildman–Crippen LogP) is 4.96. The van der Waals surface area contributed by atoms with Crippen molar-refractivity contribution < 1.29 is 8.83 Å². The summed E-state index contributed by atoms with van der Waals surface area (Å²) in [4.78, 5) is 0. The second-order valence-electron chi connectivity index (χ2n) is 5.04. The van der Waals surface area contributed by atoms with Crippen LogP contribution in [0.15, 0.2) is 51.5 Å². The van der Waals surface area contributed by atoms with Gasteiger partial charge in [0, 0.05) is 11.8 Å². The van der Waals surface area contributed by atoms with E-state index in [9.17, 15) is 0 Å². The van der Waals surface area contributed by atoms with E-state index in [4.69, 9.17) is 20.4 Å². The highest BCUT2D eigenvalue weighted by atomic mass is 35.5. The molecule has 0 saturated carbocycles. The van der Waals surface area contributed by atoms with Gasteiger partial charge in [-0.05, 0) is 37.2 Å². The third kappa shape index (κ3) is 3.14. The van der Waals surface area contributed by atoms with E-state index in [0.717, 1.165) is 41.9 Å². The molecule has 1 unspecified atom stereocenters. The Morgan fingerprint density at radius 1 is 1.24 bits per heavy atom. The van der Waals surface area contributed by atoms with Crippen molar-refractivity contribution in [3.8, 4) is 0 Å². The second-order valence-corrected chi connectivity index (χ2v) is 5.44. The molecule has 110 valence electrons. The van der Waals surface area contributed by atoms with Gasteiger partial charge in [-0.1, -0.05) is 30.7 Å². The number of benzene rings is 1. The topological polar surface area (TPSA) is 38.3 Å². The van der Waals surface area contributed by atoms with Gasteiger partial charge in [-0.2, -0.15) is 0 Å². The monoisotopic (exact) mass is 303 g/mol. The summed E-state index contributed by atoms with van der Waals surface area (Å²) in [5.41, 5.74) is 0.759. The Labute approximate surface area is 128 Å². The zero-order valence-corrected chi connectivity index (χ0v) is 12.7. The number of fused-ring (bicyclic) bond motifs is 1. The van der Waals surface area contributed by atoms with Crippen molar-refractivity contribution in [2.75, 3.05) is 6.54 Å². The number of para-hydroxylation sites is 1. The summed E-state index contributed by atoms with van der Waals surface area (Å²) >= 11 is 6.18. The number of halogens is 1. The molecule has 4 heteroatoms. The van der Waals surface area contributed by atoms with Crippen LogP contribution in [0.1, 0.15) is 30.9 Å². The predicted molar refractivity (Wildman–Crippen MR) is 84.7 cm³/mol. The van der Waals surface area contributed by atoms with E-state index >= 15 is 0 Å². The first-order chi connectivity index (χ1) is 10.3. The lowest BCUT2D eigenvalue weighted by molar-refractivity contribution is 0.402. The van der Waals surface area contributed by atoms with Gasteiger partial charge in [0.2, 0.25) is 0 Å². The number of hydrogen-bond donors (Lipinski definition) is 1. The molecular weight excluding hydrogens is 286 g/mol. The van der Waals surface area contributed by atoms with Crippen molar-refractivity contribution in [3.63, 3.8) is 0 Å². The van der Waals surface area contributed by atoms with Gasteiger partial charge in [0.05, 0.1) is 17.3 Å². The summed E-state index contributed by atoms with van der Waals surface area (Å²) in [5, 5.41) is 5.16. The number of nitrogens with one attached hydrogen (secondary N) is 1. The molecular formula is C17H18ClNO2. The number of furan rings is 2. The fourth-order valence-corrected chi connectivity index (χ4v) is 2.77. The van der Waals surface area contributed by atoms with Crippen LogP contribution in [0.3, 0.4) is 0 Å². The minimum absolute atomic E-state index is 0.156. The van der Waals surface area contributed by atoms with E-state index in [0.29, 0.717) is 5.02 Å². The van der Waals surface area contributed by atoms with Crippen LogP contribution < -0.4 is 5.32 Å². The molecule has 0 spiro atoms. The summed E-state index contributed by atoms with van der Waals surface area (Å²) in [6, 6.07) is 11.9. The van der Waals surface area contributed by atoms with Gasteiger partial charge in [-0.3, -0.25) is 0 Å². The van der Waals surface area contributed by atoms with Crippen LogP contribution in [-0.4, -0.2) is 6.54 Å². The summed E-state index contributed by atoms with van der Waals surface area (Å²) in [6.45, 7) is 2.98. The van der Waals surface area contributed by atoms with Crippen LogP contribution >= 0.6 is 11.6 Å². The molecule has 0 amide bonds. The Hall–Kier alpha value is -1.71. The van der Waals surface area contributed by atoms with Gasteiger partial charge in [-0.25, -0.2) is 0 Å². The molecule has 3 nitrogen and oxygen atoms in total. The third-order valence-corrected chi connectivity index (χ3v) is 3.87. The summed E-state index contributed by atoms with van der Waals surface area (Å²) in [6.07, 6.45) is 3.49. The minimum Gasteiger partial charge on any atom is -0.469 e. The third-order valence-electron chi connectivity index (χ3n) is 3.57. The molecule has 1 atom stereocenters. The van der Waals surface area contributed by atoms with Crippen molar-refractivity contribution in [2.45, 2.75) is 25.8 Å². The van der Waals surface area contributed by atoms with Crippen LogP contribution in [0.5, 0.6) is 0 Å². The maximum absolute atomic E-state index is 6.18. The molecule has 0 radical (unpaired) electrons. The molecule has 2 heterocycles. The fourth-order valence-electron chi connectivity index (χ4n) is 2.55. The number of hydrogen-bond acceptors (Lipinski definition) is 3. The lowest BCUT2D eigenvalue weighted by Gasteiger charge is -2.14. The Kier molecular flexibility index (Phi) is 4.32. The van der Waals surface area contributed by atoms with Crippen LogP contribution in [0, 0.1) is 0 Å². The highest BCUT2D eigenvalue weighted by Crippen LogP contribution is 2.31. The number of aryl methyl sites for hydroxylation is 1. The summed E-state index contributed by atoms with van der Waals surface area (Å²) in [5.74, 6) is 1.92. The van der Waals surface area contributed by atoms with Gasteiger partial charge in [-0.15, -0.1) is 0 Å². The lowest BCUT2D eigenvalue weighted by Crippen LogP contribution is -2.20. The Morgan fingerprint density at radius 3 is 2.86 bits per heavy atom. The van der Waals surface area contributed by atoms with Gasteiger partial charge in [0.25, 0.3) is 0 Å². The van der Waals surface area contributed by atoms with E-state index < -0.39 is 0 Å². The average molecular weight is 304 g/mol. The number of rotatable bonds is 6. The van der Waals surface area contributed by atoms with E-state index in [2.05, 4.69) is 18.3 Å². The van der Waals surface area contributed by atoms with Crippen LogP contribution in [-0.2, 0) is 6.42 Å². The molecule has 0 aliphatic rings. The smallest absolute Gasteiger partial charge is 0.152 e. The quantitative estimate of drug-likeness (QED) is 0.699. The fraction of sp³-hybridized carbons (Fsp3) is 0.294. The highest BCUT2D eigenvalue weighted by Gasteiger charge is 2.17. The highest BCUT2D eigenvalue weighted by molar-refractivity contribution is 6.34. The molecule has 3 rings (SSSR count). The molecule has 0 aliphatic heterocycles. The van der Waals surface area contributed by atoms with E-state index in [-0.39, 0.29) is 6.04 Å². The van der Waals surface area contributed by atoms with Crippen LogP contribution in [0.2, 0.25) is 5.02 Å². The molecule has 1 N–H and O–H groups in total. The van der Waals surface area contributed by atoms with Crippen molar-refractivity contribution >= 4 is 22.6 Å². The van der Waals surface area contributed by atoms with Crippen molar-refractivity contribution in [2.24, 2.45) is 0 Å². The SMILES string of the molecule is CCNC(CCc1ccco1)c1cc2cccc(Cl)c2o1. The average Bonchev–Trinajstić information content (AvgIpc) is 3.13. The molecule has 0 saturated heterocycles.